The number of amides is 1. The molecule has 4 aliphatic carbocycles. The summed E-state index contributed by atoms with van der Waals surface area (Å²) in [5, 5.41) is 3.31. The number of rotatable bonds is 6. The molecule has 1 heterocycles. The van der Waals surface area contributed by atoms with Crippen molar-refractivity contribution in [3.63, 3.8) is 0 Å². The van der Waals surface area contributed by atoms with Crippen molar-refractivity contribution in [2.75, 3.05) is 26.2 Å². The zero-order valence-corrected chi connectivity index (χ0v) is 14.0. The molecule has 1 aliphatic heterocycles. The second kappa shape index (κ2) is 6.14. The summed E-state index contributed by atoms with van der Waals surface area (Å²) in [7, 11) is 0. The Hall–Kier alpha value is -0.570. The summed E-state index contributed by atoms with van der Waals surface area (Å²) >= 11 is 0. The maximum absolute atomic E-state index is 12.8. The highest BCUT2D eigenvalue weighted by atomic mass is 16.2. The SMILES string of the molecule is O=C(NCCCCN1CCCC1)C12CC3CC(CC(C3)C1)C2. The number of nitrogens with zero attached hydrogens (tertiary/aromatic N) is 1. The van der Waals surface area contributed by atoms with Crippen molar-refractivity contribution in [1.82, 2.24) is 10.2 Å². The van der Waals surface area contributed by atoms with E-state index in [1.54, 1.807) is 0 Å². The first kappa shape index (κ1) is 15.0. The number of carbonyl (C=O) groups excluding carboxylic acids is 1. The number of hydrogen-bond acceptors (Lipinski definition) is 2. The topological polar surface area (TPSA) is 32.3 Å². The molecule has 0 spiro atoms. The van der Waals surface area contributed by atoms with Gasteiger partial charge in [0.25, 0.3) is 0 Å². The van der Waals surface area contributed by atoms with E-state index >= 15 is 0 Å². The summed E-state index contributed by atoms with van der Waals surface area (Å²) in [6.45, 7) is 4.71. The summed E-state index contributed by atoms with van der Waals surface area (Å²) in [5.41, 5.74) is 0.0453. The van der Waals surface area contributed by atoms with Crippen molar-refractivity contribution in [3.8, 4) is 0 Å². The zero-order chi connectivity index (χ0) is 15.0. The van der Waals surface area contributed by atoms with E-state index in [9.17, 15) is 4.79 Å². The molecule has 0 aromatic rings. The van der Waals surface area contributed by atoms with Gasteiger partial charge in [0.2, 0.25) is 5.91 Å². The normalized spacial score (nSPS) is 40.3. The van der Waals surface area contributed by atoms with Crippen LogP contribution in [0.3, 0.4) is 0 Å². The molecule has 1 saturated heterocycles. The quantitative estimate of drug-likeness (QED) is 0.764. The van der Waals surface area contributed by atoms with Crippen molar-refractivity contribution in [2.45, 2.75) is 64.2 Å². The molecule has 0 unspecified atom stereocenters. The molecule has 5 aliphatic rings. The highest BCUT2D eigenvalue weighted by molar-refractivity contribution is 5.83. The van der Waals surface area contributed by atoms with Gasteiger partial charge in [-0.2, -0.15) is 0 Å². The summed E-state index contributed by atoms with van der Waals surface area (Å²) in [6, 6.07) is 0. The fourth-order valence-corrected chi connectivity index (χ4v) is 6.24. The van der Waals surface area contributed by atoms with E-state index < -0.39 is 0 Å². The number of carbonyl (C=O) groups is 1. The van der Waals surface area contributed by atoms with Crippen LogP contribution in [0.5, 0.6) is 0 Å². The predicted molar refractivity (Wildman–Crippen MR) is 88.5 cm³/mol. The van der Waals surface area contributed by atoms with Crippen LogP contribution in [0.25, 0.3) is 0 Å². The van der Waals surface area contributed by atoms with E-state index in [4.69, 9.17) is 0 Å². The molecular weight excluding hydrogens is 272 g/mol. The lowest BCUT2D eigenvalue weighted by atomic mass is 9.49. The second-order valence-electron chi connectivity index (χ2n) is 8.71. The van der Waals surface area contributed by atoms with Crippen molar-refractivity contribution < 1.29 is 4.79 Å². The minimum Gasteiger partial charge on any atom is -0.356 e. The maximum atomic E-state index is 12.8. The summed E-state index contributed by atoms with van der Waals surface area (Å²) in [4.78, 5) is 15.4. The Bertz CT molecular complexity index is 378. The third-order valence-corrected chi connectivity index (χ3v) is 6.91. The molecule has 5 fully saturated rings. The average molecular weight is 304 g/mol. The molecule has 3 heteroatoms. The maximum Gasteiger partial charge on any atom is 0.226 e. The van der Waals surface area contributed by atoms with Gasteiger partial charge in [0.05, 0.1) is 0 Å². The van der Waals surface area contributed by atoms with Crippen LogP contribution in [0.4, 0.5) is 0 Å². The Labute approximate surface area is 135 Å². The molecule has 124 valence electrons. The number of nitrogens with one attached hydrogen (secondary N) is 1. The Morgan fingerprint density at radius 2 is 1.55 bits per heavy atom. The molecule has 22 heavy (non-hydrogen) atoms. The standard InChI is InChI=1S/C19H32N2O/c22-18(20-5-1-2-6-21-7-3-4-8-21)19-12-15-9-16(13-19)11-17(10-15)14-19/h15-17H,1-14H2,(H,20,22). The van der Waals surface area contributed by atoms with Gasteiger partial charge in [-0.1, -0.05) is 0 Å². The van der Waals surface area contributed by atoms with Gasteiger partial charge < -0.3 is 10.2 Å². The van der Waals surface area contributed by atoms with Crippen LogP contribution < -0.4 is 5.32 Å². The van der Waals surface area contributed by atoms with E-state index in [1.165, 1.54) is 77.4 Å². The first-order chi connectivity index (χ1) is 10.7. The second-order valence-corrected chi connectivity index (χ2v) is 8.71. The van der Waals surface area contributed by atoms with Crippen molar-refractivity contribution in [1.29, 1.82) is 0 Å². The molecule has 0 radical (unpaired) electrons. The smallest absolute Gasteiger partial charge is 0.226 e. The zero-order valence-electron chi connectivity index (χ0n) is 14.0. The molecule has 0 aromatic carbocycles. The van der Waals surface area contributed by atoms with Crippen LogP contribution in [-0.4, -0.2) is 37.0 Å². The monoisotopic (exact) mass is 304 g/mol. The van der Waals surface area contributed by atoms with Gasteiger partial charge in [0.15, 0.2) is 0 Å². The van der Waals surface area contributed by atoms with Crippen LogP contribution in [0, 0.1) is 23.2 Å². The molecule has 4 bridgehead atoms. The predicted octanol–water partition coefficient (Wildman–Crippen LogP) is 3.20. The van der Waals surface area contributed by atoms with Gasteiger partial charge in [-0.05, 0) is 102 Å². The lowest BCUT2D eigenvalue weighted by Gasteiger charge is -2.55. The Morgan fingerprint density at radius 3 is 2.14 bits per heavy atom. The van der Waals surface area contributed by atoms with Crippen molar-refractivity contribution in [3.05, 3.63) is 0 Å². The minimum absolute atomic E-state index is 0.0453. The van der Waals surface area contributed by atoms with Gasteiger partial charge in [0, 0.05) is 12.0 Å². The van der Waals surface area contributed by atoms with Crippen molar-refractivity contribution in [2.24, 2.45) is 23.2 Å². The number of hydrogen-bond donors (Lipinski definition) is 1. The third kappa shape index (κ3) is 2.93. The summed E-state index contributed by atoms with van der Waals surface area (Å²) in [6.07, 6.45) is 13.0. The lowest BCUT2D eigenvalue weighted by molar-refractivity contribution is -0.146. The van der Waals surface area contributed by atoms with E-state index in [-0.39, 0.29) is 5.41 Å². The molecule has 1 N–H and O–H groups in total. The Morgan fingerprint density at radius 1 is 0.955 bits per heavy atom. The Balaban J connectivity index is 1.21. The first-order valence-corrected chi connectivity index (χ1v) is 9.74. The molecule has 3 nitrogen and oxygen atoms in total. The van der Waals surface area contributed by atoms with E-state index in [1.807, 2.05) is 0 Å². The van der Waals surface area contributed by atoms with Crippen LogP contribution in [0.1, 0.15) is 64.2 Å². The van der Waals surface area contributed by atoms with E-state index in [0.29, 0.717) is 5.91 Å². The molecule has 1 amide bonds. The largest absolute Gasteiger partial charge is 0.356 e. The average Bonchev–Trinajstić information content (AvgIpc) is 2.98. The lowest BCUT2D eigenvalue weighted by Crippen LogP contribution is -2.53. The number of likely N-dealkylation sites (tertiary alicyclic amines) is 1. The van der Waals surface area contributed by atoms with E-state index in [0.717, 1.165) is 30.7 Å². The van der Waals surface area contributed by atoms with Gasteiger partial charge in [-0.3, -0.25) is 4.79 Å². The minimum atomic E-state index is 0.0453. The highest BCUT2D eigenvalue weighted by Crippen LogP contribution is 2.60. The molecule has 0 aromatic heterocycles. The highest BCUT2D eigenvalue weighted by Gasteiger charge is 2.54. The van der Waals surface area contributed by atoms with Crippen LogP contribution >= 0.6 is 0 Å². The van der Waals surface area contributed by atoms with E-state index in [2.05, 4.69) is 10.2 Å². The first-order valence-electron chi connectivity index (χ1n) is 9.74. The molecule has 0 atom stereocenters. The molecule has 5 rings (SSSR count). The van der Waals surface area contributed by atoms with Gasteiger partial charge in [0.1, 0.15) is 0 Å². The van der Waals surface area contributed by atoms with Gasteiger partial charge in [-0.25, -0.2) is 0 Å². The van der Waals surface area contributed by atoms with Crippen LogP contribution in [0.15, 0.2) is 0 Å². The fraction of sp³-hybridized carbons (Fsp3) is 0.947. The van der Waals surface area contributed by atoms with Crippen LogP contribution in [0.2, 0.25) is 0 Å². The van der Waals surface area contributed by atoms with Gasteiger partial charge >= 0.3 is 0 Å². The summed E-state index contributed by atoms with van der Waals surface area (Å²) < 4.78 is 0. The molecule has 4 saturated carbocycles. The fourth-order valence-electron chi connectivity index (χ4n) is 6.24. The Kier molecular flexibility index (Phi) is 4.19. The summed E-state index contributed by atoms with van der Waals surface area (Å²) in [5.74, 6) is 3.01. The molecular formula is C19H32N2O. The third-order valence-electron chi connectivity index (χ3n) is 6.91. The van der Waals surface area contributed by atoms with Crippen LogP contribution in [-0.2, 0) is 4.79 Å². The van der Waals surface area contributed by atoms with Gasteiger partial charge in [-0.15, -0.1) is 0 Å². The number of unbranched alkanes of at least 4 members (excludes halogenated alkanes) is 1. The van der Waals surface area contributed by atoms with Crippen molar-refractivity contribution >= 4 is 5.91 Å².